The van der Waals surface area contributed by atoms with Crippen LogP contribution in [0.25, 0.3) is 90.9 Å². The van der Waals surface area contributed by atoms with E-state index in [1.807, 2.05) is 60.7 Å². The normalized spacial score (nSPS) is 11.9. The van der Waals surface area contributed by atoms with Crippen LogP contribution in [0.5, 0.6) is 0 Å². The standard InChI is InChI=1S/C45H29N5O4/c51-49(52)34-17-13-30(14-18-34)44-38-23-21-36(46-38)42(28-7-3-1-4-8-28)32-11-12-33(27-32)43(29-9-5-2-6-10-29)37-22-24-39(47-37)45(41-26-25-40(44)48-41)31-15-19-35(20-16-31)50(53)54/h1-27,46-47H. The van der Waals surface area contributed by atoms with Crippen molar-refractivity contribution in [3.8, 4) is 44.5 Å². The lowest BCUT2D eigenvalue weighted by molar-refractivity contribution is -0.385. The SMILES string of the molecule is O=[N+]([O-])c1ccc(-c2c3nc(c(-c4ccc([N+](=O)[O-])cc4)c4ccc([nH]4)c(-c4ccccc4)c4cc(c(-c5ccccc5)c5ccc2[nH]5)C=C4)C=C3)cc1. The first-order valence-corrected chi connectivity index (χ1v) is 17.3. The Morgan fingerprint density at radius 1 is 0.407 bits per heavy atom. The molecule has 0 saturated carbocycles. The molecule has 0 radical (unpaired) electrons. The highest BCUT2D eigenvalue weighted by Gasteiger charge is 2.19. The first-order valence-electron chi connectivity index (χ1n) is 17.3. The number of hydrogen-bond acceptors (Lipinski definition) is 5. The summed E-state index contributed by atoms with van der Waals surface area (Å²) in [5.41, 5.74) is 13.9. The van der Waals surface area contributed by atoms with E-state index in [2.05, 4.69) is 64.6 Å². The van der Waals surface area contributed by atoms with E-state index in [9.17, 15) is 20.2 Å². The fourth-order valence-electron chi connectivity index (χ4n) is 7.32. The molecule has 2 aliphatic rings. The van der Waals surface area contributed by atoms with Crippen LogP contribution in [-0.4, -0.2) is 24.8 Å². The maximum atomic E-state index is 11.6. The minimum Gasteiger partial charge on any atom is -0.354 e. The fourth-order valence-corrected chi connectivity index (χ4v) is 7.32. The number of nitro groups is 2. The van der Waals surface area contributed by atoms with Crippen LogP contribution < -0.4 is 0 Å². The molecule has 9 rings (SSSR count). The van der Waals surface area contributed by atoms with Gasteiger partial charge < -0.3 is 9.97 Å². The Morgan fingerprint density at radius 2 is 0.759 bits per heavy atom. The third kappa shape index (κ3) is 5.75. The van der Waals surface area contributed by atoms with Gasteiger partial charge in [-0.3, -0.25) is 20.2 Å². The van der Waals surface area contributed by atoms with Gasteiger partial charge in [0.15, 0.2) is 0 Å². The molecule has 0 unspecified atom stereocenters. The van der Waals surface area contributed by atoms with Gasteiger partial charge in [0.1, 0.15) is 0 Å². The first kappa shape index (κ1) is 32.3. The molecule has 0 saturated heterocycles. The fraction of sp³-hybridized carbons (Fsp3) is 0. The average molecular weight is 704 g/mol. The second-order valence-electron chi connectivity index (χ2n) is 13.0. The molecule has 3 aromatic heterocycles. The zero-order valence-electron chi connectivity index (χ0n) is 28.6. The highest BCUT2D eigenvalue weighted by Crippen LogP contribution is 2.39. The minimum atomic E-state index is -0.412. The van der Waals surface area contributed by atoms with Crippen LogP contribution in [0, 0.1) is 20.2 Å². The molecule has 0 spiro atoms. The molecule has 9 nitrogen and oxygen atoms in total. The summed E-state index contributed by atoms with van der Waals surface area (Å²) in [4.78, 5) is 35.0. The summed E-state index contributed by atoms with van der Waals surface area (Å²) in [6.45, 7) is 0. The van der Waals surface area contributed by atoms with Gasteiger partial charge in [0.25, 0.3) is 11.4 Å². The van der Waals surface area contributed by atoms with Crippen LogP contribution in [0.2, 0.25) is 0 Å². The monoisotopic (exact) mass is 703 g/mol. The third-order valence-corrected chi connectivity index (χ3v) is 9.79. The molecule has 258 valence electrons. The van der Waals surface area contributed by atoms with Gasteiger partial charge in [0, 0.05) is 68.6 Å². The summed E-state index contributed by atoms with van der Waals surface area (Å²) in [5.74, 6) is 0. The van der Waals surface area contributed by atoms with E-state index >= 15 is 0 Å². The molecule has 1 aliphatic heterocycles. The van der Waals surface area contributed by atoms with Gasteiger partial charge in [-0.15, -0.1) is 0 Å². The Kier molecular flexibility index (Phi) is 7.86. The van der Waals surface area contributed by atoms with E-state index in [0.29, 0.717) is 11.4 Å². The topological polar surface area (TPSA) is 131 Å². The van der Waals surface area contributed by atoms with Gasteiger partial charge in [0.2, 0.25) is 0 Å². The number of fused-ring (bicyclic) bond motifs is 8. The largest absolute Gasteiger partial charge is 0.354 e. The van der Waals surface area contributed by atoms with Crippen LogP contribution in [-0.2, 0) is 0 Å². The quantitative estimate of drug-likeness (QED) is 0.131. The number of nitrogens with one attached hydrogen (secondary N) is 2. The highest BCUT2D eigenvalue weighted by atomic mass is 16.6. The number of non-ortho nitro benzene ring substituents is 2. The molecular weight excluding hydrogens is 675 g/mol. The molecule has 4 heterocycles. The Morgan fingerprint density at radius 3 is 1.13 bits per heavy atom. The summed E-state index contributed by atoms with van der Waals surface area (Å²) >= 11 is 0. The highest BCUT2D eigenvalue weighted by molar-refractivity contribution is 6.01. The van der Waals surface area contributed by atoms with Crippen molar-refractivity contribution in [2.24, 2.45) is 0 Å². The van der Waals surface area contributed by atoms with Gasteiger partial charge in [0.05, 0.1) is 21.2 Å². The van der Waals surface area contributed by atoms with Crippen molar-refractivity contribution in [1.82, 2.24) is 15.0 Å². The lowest BCUT2D eigenvalue weighted by atomic mass is 10.00. The number of hydrogen-bond donors (Lipinski definition) is 2. The second kappa shape index (κ2) is 13.2. The predicted octanol–water partition coefficient (Wildman–Crippen LogP) is 11.7. The smallest absolute Gasteiger partial charge is 0.269 e. The molecule has 2 N–H and O–H groups in total. The Labute approximate surface area is 308 Å². The second-order valence-corrected chi connectivity index (χ2v) is 13.0. The van der Waals surface area contributed by atoms with Gasteiger partial charge >= 0.3 is 0 Å². The first-order chi connectivity index (χ1) is 26.4. The van der Waals surface area contributed by atoms with Crippen LogP contribution in [0.1, 0.15) is 22.5 Å². The predicted molar refractivity (Wildman–Crippen MR) is 216 cm³/mol. The zero-order valence-corrected chi connectivity index (χ0v) is 28.6. The van der Waals surface area contributed by atoms with Crippen LogP contribution in [0.4, 0.5) is 11.4 Å². The van der Waals surface area contributed by atoms with E-state index in [-0.39, 0.29) is 11.4 Å². The van der Waals surface area contributed by atoms with Crippen molar-refractivity contribution in [2.45, 2.75) is 0 Å². The van der Waals surface area contributed by atoms with Gasteiger partial charge in [-0.25, -0.2) is 4.98 Å². The van der Waals surface area contributed by atoms with Gasteiger partial charge in [-0.1, -0.05) is 72.8 Å². The van der Waals surface area contributed by atoms with Crippen LogP contribution in [0.15, 0.2) is 140 Å². The molecule has 0 amide bonds. The molecule has 1 aliphatic carbocycles. The molecule has 8 bridgehead atoms. The van der Waals surface area contributed by atoms with E-state index in [0.717, 1.165) is 77.7 Å². The van der Waals surface area contributed by atoms with Crippen molar-refractivity contribution in [3.05, 3.63) is 182 Å². The number of nitrogens with zero attached hydrogens (tertiary/aromatic N) is 3. The van der Waals surface area contributed by atoms with Crippen LogP contribution in [0.3, 0.4) is 0 Å². The molecular formula is C45H29N5O4. The Balaban J connectivity index is 1.45. The van der Waals surface area contributed by atoms with Gasteiger partial charge in [-0.05, 0) is 100 Å². The maximum Gasteiger partial charge on any atom is 0.269 e. The van der Waals surface area contributed by atoms with E-state index < -0.39 is 9.85 Å². The summed E-state index contributed by atoms with van der Waals surface area (Å²) in [5, 5.41) is 23.2. The van der Waals surface area contributed by atoms with Crippen LogP contribution >= 0.6 is 0 Å². The van der Waals surface area contributed by atoms with Crippen molar-refractivity contribution in [1.29, 1.82) is 0 Å². The van der Waals surface area contributed by atoms with Crippen molar-refractivity contribution < 1.29 is 9.85 Å². The summed E-state index contributed by atoms with van der Waals surface area (Å²) < 4.78 is 0. The van der Waals surface area contributed by atoms with E-state index in [1.165, 1.54) is 24.3 Å². The number of H-pyrrole nitrogens is 2. The molecule has 0 fully saturated rings. The number of aromatic amines is 2. The Bertz CT molecular complexity index is 2660. The molecule has 54 heavy (non-hydrogen) atoms. The molecule has 0 atom stereocenters. The molecule has 7 aromatic rings. The molecule has 9 heteroatoms. The van der Waals surface area contributed by atoms with E-state index in [1.54, 1.807) is 24.3 Å². The van der Waals surface area contributed by atoms with Gasteiger partial charge in [-0.2, -0.15) is 0 Å². The number of rotatable bonds is 6. The number of benzene rings is 4. The van der Waals surface area contributed by atoms with E-state index in [4.69, 9.17) is 4.98 Å². The maximum absolute atomic E-state index is 11.6. The number of nitro benzene ring substituents is 2. The molecule has 4 aromatic carbocycles. The third-order valence-electron chi connectivity index (χ3n) is 9.79. The zero-order chi connectivity index (χ0) is 36.8. The summed E-state index contributed by atoms with van der Waals surface area (Å²) in [6, 6.07) is 43.8. The Hall–Kier alpha value is -7.65. The summed E-state index contributed by atoms with van der Waals surface area (Å²) in [7, 11) is 0. The number of aromatic nitrogens is 3. The summed E-state index contributed by atoms with van der Waals surface area (Å²) in [6.07, 6.45) is 8.16. The van der Waals surface area contributed by atoms with Crippen molar-refractivity contribution >= 4 is 57.7 Å². The lowest BCUT2D eigenvalue weighted by Gasteiger charge is -2.07. The lowest BCUT2D eigenvalue weighted by Crippen LogP contribution is -1.91. The minimum absolute atomic E-state index is 0.00869. The van der Waals surface area contributed by atoms with Crippen molar-refractivity contribution in [3.63, 3.8) is 0 Å². The van der Waals surface area contributed by atoms with Crippen molar-refractivity contribution in [2.75, 3.05) is 0 Å². The average Bonchev–Trinajstić information content (AvgIpc) is 4.04.